The number of allylic oxidation sites excluding steroid dienone is 2. The van der Waals surface area contributed by atoms with Gasteiger partial charge < -0.3 is 4.74 Å². The number of benzene rings is 2. The fourth-order valence-corrected chi connectivity index (χ4v) is 4.19. The number of rotatable bonds is 4. The van der Waals surface area contributed by atoms with Crippen LogP contribution in [0.2, 0.25) is 0 Å². The molecule has 29 heavy (non-hydrogen) atoms. The van der Waals surface area contributed by atoms with Crippen molar-refractivity contribution in [3.05, 3.63) is 82.8 Å². The third-order valence-electron chi connectivity index (χ3n) is 5.52. The Morgan fingerprint density at radius 3 is 2.69 bits per heavy atom. The summed E-state index contributed by atoms with van der Waals surface area (Å²) in [5, 5.41) is 0. The summed E-state index contributed by atoms with van der Waals surface area (Å²) in [5.74, 6) is -2.19. The van der Waals surface area contributed by atoms with Crippen molar-refractivity contribution in [2.45, 2.75) is 38.7 Å². The van der Waals surface area contributed by atoms with Crippen molar-refractivity contribution < 1.29 is 18.7 Å². The molecule has 1 aliphatic heterocycles. The quantitative estimate of drug-likeness (QED) is 0.707. The minimum absolute atomic E-state index is 0.0161. The number of esters is 1. The average molecular weight is 391 g/mol. The summed E-state index contributed by atoms with van der Waals surface area (Å²) >= 11 is 0. The van der Waals surface area contributed by atoms with Crippen LogP contribution in [0.3, 0.4) is 0 Å². The third-order valence-corrected chi connectivity index (χ3v) is 5.52. The van der Waals surface area contributed by atoms with Crippen molar-refractivity contribution in [3.8, 4) is 0 Å². The number of aliphatic imine (C=N–C) groups is 1. The van der Waals surface area contributed by atoms with Gasteiger partial charge in [0.15, 0.2) is 5.78 Å². The molecule has 2 aliphatic rings. The van der Waals surface area contributed by atoms with Crippen molar-refractivity contribution in [1.29, 1.82) is 0 Å². The number of nitrogens with zero attached hydrogens (tertiary/aromatic N) is 1. The molecule has 4 rings (SSSR count). The molecule has 0 fully saturated rings. The van der Waals surface area contributed by atoms with Crippen LogP contribution in [0.25, 0.3) is 0 Å². The number of carbonyl (C=O) groups excluding carboxylic acids is 2. The van der Waals surface area contributed by atoms with Gasteiger partial charge in [-0.3, -0.25) is 14.6 Å². The zero-order valence-corrected chi connectivity index (χ0v) is 16.2. The number of hydrogen-bond donors (Lipinski definition) is 0. The summed E-state index contributed by atoms with van der Waals surface area (Å²) in [4.78, 5) is 30.5. The van der Waals surface area contributed by atoms with Gasteiger partial charge in [0.2, 0.25) is 0 Å². The minimum Gasteiger partial charge on any atom is -0.460 e. The Balaban J connectivity index is 1.70. The highest BCUT2D eigenvalue weighted by Crippen LogP contribution is 2.43. The van der Waals surface area contributed by atoms with Crippen LogP contribution in [0.1, 0.15) is 43.2 Å². The predicted octanol–water partition coefficient (Wildman–Crippen LogP) is 4.75. The van der Waals surface area contributed by atoms with Crippen LogP contribution in [-0.4, -0.2) is 17.5 Å². The number of ketones is 1. The molecule has 5 heteroatoms. The molecular weight excluding hydrogens is 369 g/mol. The van der Waals surface area contributed by atoms with Gasteiger partial charge in [-0.1, -0.05) is 42.5 Å². The molecule has 0 saturated carbocycles. The van der Waals surface area contributed by atoms with E-state index in [2.05, 4.69) is 4.99 Å². The maximum absolute atomic E-state index is 14.0. The van der Waals surface area contributed by atoms with Gasteiger partial charge in [-0.2, -0.15) is 0 Å². The first-order chi connectivity index (χ1) is 14.0. The Labute approximate surface area is 169 Å². The standard InChI is InChI=1S/C24H22FNO3/c1-15-21(24(28)29-14-16-7-3-2-4-8-16)22(17-9-5-10-18(25)13-17)23-19(26-15)11-6-12-20(23)27/h2-5,7-10,13,21-22H,6,11-12,14H2,1H3/t21?,22-/m1/s1. The molecule has 1 aliphatic carbocycles. The van der Waals surface area contributed by atoms with Gasteiger partial charge in [0.25, 0.3) is 0 Å². The highest BCUT2D eigenvalue weighted by atomic mass is 19.1. The van der Waals surface area contributed by atoms with Crippen molar-refractivity contribution in [2.24, 2.45) is 10.9 Å². The highest BCUT2D eigenvalue weighted by molar-refractivity contribution is 6.08. The fourth-order valence-electron chi connectivity index (χ4n) is 4.19. The van der Waals surface area contributed by atoms with E-state index in [9.17, 15) is 14.0 Å². The Bertz CT molecular complexity index is 1010. The van der Waals surface area contributed by atoms with Crippen LogP contribution < -0.4 is 0 Å². The van der Waals surface area contributed by atoms with Gasteiger partial charge >= 0.3 is 5.97 Å². The first kappa shape index (κ1) is 19.2. The molecule has 0 spiro atoms. The van der Waals surface area contributed by atoms with Crippen LogP contribution in [0.15, 0.2) is 70.9 Å². The van der Waals surface area contributed by atoms with Crippen molar-refractivity contribution in [2.75, 3.05) is 0 Å². The molecule has 1 heterocycles. The Morgan fingerprint density at radius 1 is 1.14 bits per heavy atom. The molecule has 0 amide bonds. The van der Waals surface area contributed by atoms with Crippen LogP contribution in [0.4, 0.5) is 4.39 Å². The number of halogens is 1. The normalized spacial score (nSPS) is 21.4. The molecule has 2 atom stereocenters. The van der Waals surface area contributed by atoms with Gasteiger partial charge in [0.1, 0.15) is 18.3 Å². The van der Waals surface area contributed by atoms with Crippen molar-refractivity contribution in [3.63, 3.8) is 0 Å². The second kappa shape index (κ2) is 8.11. The first-order valence-corrected chi connectivity index (χ1v) is 9.82. The monoisotopic (exact) mass is 391 g/mol. The Hall–Kier alpha value is -3.08. The molecule has 1 unspecified atom stereocenters. The summed E-state index contributed by atoms with van der Waals surface area (Å²) in [7, 11) is 0. The van der Waals surface area contributed by atoms with Crippen molar-refractivity contribution in [1.82, 2.24) is 0 Å². The minimum atomic E-state index is -0.749. The average Bonchev–Trinajstić information content (AvgIpc) is 2.72. The molecule has 0 bridgehead atoms. The molecule has 148 valence electrons. The summed E-state index contributed by atoms with van der Waals surface area (Å²) in [6.45, 7) is 1.92. The first-order valence-electron chi connectivity index (χ1n) is 9.82. The Kier molecular flexibility index (Phi) is 5.38. The molecule has 4 nitrogen and oxygen atoms in total. The maximum atomic E-state index is 14.0. The SMILES string of the molecule is CC1=NC2=C(C(=O)CCC2)[C@H](c2cccc(F)c2)C1C(=O)OCc1ccccc1. The predicted molar refractivity (Wildman–Crippen MR) is 108 cm³/mol. The van der Waals surface area contributed by atoms with E-state index in [4.69, 9.17) is 4.74 Å². The van der Waals surface area contributed by atoms with Gasteiger partial charge in [-0.15, -0.1) is 0 Å². The largest absolute Gasteiger partial charge is 0.460 e. The lowest BCUT2D eigenvalue weighted by Crippen LogP contribution is -2.37. The van der Waals surface area contributed by atoms with E-state index in [0.717, 1.165) is 17.7 Å². The molecule has 2 aromatic carbocycles. The van der Waals surface area contributed by atoms with Crippen LogP contribution in [0.5, 0.6) is 0 Å². The Morgan fingerprint density at radius 2 is 1.93 bits per heavy atom. The van der Waals surface area contributed by atoms with E-state index in [1.165, 1.54) is 12.1 Å². The summed E-state index contributed by atoms with van der Waals surface area (Å²) in [5.41, 5.74) is 3.34. The van der Waals surface area contributed by atoms with Gasteiger partial charge in [0, 0.05) is 29.3 Å². The number of Topliss-reactive ketones (excluding diaryl/α,β-unsaturated/α-hetero) is 1. The van der Waals surface area contributed by atoms with Gasteiger partial charge in [-0.25, -0.2) is 4.39 Å². The zero-order chi connectivity index (χ0) is 20.4. The highest BCUT2D eigenvalue weighted by Gasteiger charge is 2.43. The summed E-state index contributed by atoms with van der Waals surface area (Å²) in [6, 6.07) is 15.5. The lowest BCUT2D eigenvalue weighted by atomic mass is 9.72. The zero-order valence-electron chi connectivity index (χ0n) is 16.2. The van der Waals surface area contributed by atoms with E-state index >= 15 is 0 Å². The number of ether oxygens (including phenoxy) is 1. The second-order valence-electron chi connectivity index (χ2n) is 7.49. The number of carbonyl (C=O) groups is 2. The van der Waals surface area contributed by atoms with E-state index < -0.39 is 23.6 Å². The molecule has 0 saturated heterocycles. The molecule has 2 aromatic rings. The van der Waals surface area contributed by atoms with Crippen LogP contribution >= 0.6 is 0 Å². The van der Waals surface area contributed by atoms with E-state index in [1.807, 2.05) is 30.3 Å². The molecule has 0 radical (unpaired) electrons. The summed E-state index contributed by atoms with van der Waals surface area (Å²) < 4.78 is 19.6. The van der Waals surface area contributed by atoms with E-state index in [1.54, 1.807) is 19.1 Å². The third kappa shape index (κ3) is 3.90. The number of hydrogen-bond acceptors (Lipinski definition) is 4. The van der Waals surface area contributed by atoms with Crippen LogP contribution in [0, 0.1) is 11.7 Å². The smallest absolute Gasteiger partial charge is 0.315 e. The molecule has 0 N–H and O–H groups in total. The molecule has 0 aromatic heterocycles. The fraction of sp³-hybridized carbons (Fsp3) is 0.292. The van der Waals surface area contributed by atoms with Crippen LogP contribution in [-0.2, 0) is 20.9 Å². The van der Waals surface area contributed by atoms with Gasteiger partial charge in [0.05, 0.1) is 0 Å². The van der Waals surface area contributed by atoms with E-state index in [-0.39, 0.29) is 12.4 Å². The molecular formula is C24H22FNO3. The topological polar surface area (TPSA) is 55.7 Å². The second-order valence-corrected chi connectivity index (χ2v) is 7.49. The lowest BCUT2D eigenvalue weighted by molar-refractivity contribution is -0.148. The summed E-state index contributed by atoms with van der Waals surface area (Å²) in [6.07, 6.45) is 1.86. The maximum Gasteiger partial charge on any atom is 0.315 e. The van der Waals surface area contributed by atoms with Gasteiger partial charge in [-0.05, 0) is 43.0 Å². The van der Waals surface area contributed by atoms with Crippen molar-refractivity contribution >= 4 is 17.5 Å². The van der Waals surface area contributed by atoms with E-state index in [0.29, 0.717) is 29.7 Å². The lowest BCUT2D eigenvalue weighted by Gasteiger charge is -2.34.